The Morgan fingerprint density at radius 3 is 1.72 bits per heavy atom. The summed E-state index contributed by atoms with van der Waals surface area (Å²) in [7, 11) is 0. The van der Waals surface area contributed by atoms with Gasteiger partial charge in [-0.3, -0.25) is 0 Å². The van der Waals surface area contributed by atoms with Gasteiger partial charge in [-0.1, -0.05) is 127 Å². The molecule has 2 heterocycles. The van der Waals surface area contributed by atoms with E-state index in [1.54, 1.807) is 0 Å². The van der Waals surface area contributed by atoms with Crippen molar-refractivity contribution in [3.63, 3.8) is 0 Å². The Kier molecular flexibility index (Phi) is 6.36. The summed E-state index contributed by atoms with van der Waals surface area (Å²) in [6.07, 6.45) is 0. The van der Waals surface area contributed by atoms with Crippen LogP contribution in [0.3, 0.4) is 0 Å². The maximum absolute atomic E-state index is 5.18. The van der Waals surface area contributed by atoms with E-state index in [4.69, 9.17) is 9.97 Å². The van der Waals surface area contributed by atoms with Crippen LogP contribution in [0.4, 0.5) is 0 Å². The van der Waals surface area contributed by atoms with Crippen molar-refractivity contribution in [3.8, 4) is 56.2 Å². The second kappa shape index (κ2) is 10.8. The molecule has 0 atom stereocenters. The molecule has 0 radical (unpaired) electrons. The summed E-state index contributed by atoms with van der Waals surface area (Å²) < 4.78 is 2.61. The van der Waals surface area contributed by atoms with E-state index < -0.39 is 0 Å². The van der Waals surface area contributed by atoms with Gasteiger partial charge in [-0.15, -0.1) is 11.3 Å². The molecule has 0 spiro atoms. The third kappa shape index (κ3) is 4.80. The van der Waals surface area contributed by atoms with E-state index in [-0.39, 0.29) is 0 Å². The lowest BCUT2D eigenvalue weighted by Gasteiger charge is -2.15. The van der Waals surface area contributed by atoms with Gasteiger partial charge in [0.1, 0.15) is 0 Å². The summed E-state index contributed by atoms with van der Waals surface area (Å²) in [5.74, 6) is 0.717. The molecule has 0 saturated heterocycles. The lowest BCUT2D eigenvalue weighted by atomic mass is 9.92. The fourth-order valence-corrected chi connectivity index (χ4v) is 6.85. The smallest absolute Gasteiger partial charge is 0.160 e. The molecular formula is C40H26N2S. The molecule has 0 saturated carbocycles. The van der Waals surface area contributed by atoms with Gasteiger partial charge in [0.25, 0.3) is 0 Å². The van der Waals surface area contributed by atoms with Gasteiger partial charge in [-0.2, -0.15) is 0 Å². The number of thiophene rings is 1. The van der Waals surface area contributed by atoms with Gasteiger partial charge in [0, 0.05) is 36.9 Å². The lowest BCUT2D eigenvalue weighted by molar-refractivity contribution is 1.18. The third-order valence-electron chi connectivity index (χ3n) is 7.92. The molecule has 8 rings (SSSR count). The van der Waals surface area contributed by atoms with E-state index in [2.05, 4.69) is 133 Å². The van der Waals surface area contributed by atoms with Crippen LogP contribution in [0.5, 0.6) is 0 Å². The molecule has 0 aliphatic carbocycles. The molecule has 0 N–H and O–H groups in total. The zero-order valence-electron chi connectivity index (χ0n) is 23.3. The molecule has 43 heavy (non-hydrogen) atoms. The van der Waals surface area contributed by atoms with Crippen LogP contribution in [-0.4, -0.2) is 9.97 Å². The Bertz CT molecular complexity index is 2160. The number of benzene rings is 6. The van der Waals surface area contributed by atoms with Crippen LogP contribution in [0.25, 0.3) is 76.3 Å². The first-order valence-corrected chi connectivity index (χ1v) is 15.2. The van der Waals surface area contributed by atoms with Crippen molar-refractivity contribution in [2.24, 2.45) is 0 Å². The molecule has 202 valence electrons. The minimum absolute atomic E-state index is 0.717. The third-order valence-corrected chi connectivity index (χ3v) is 9.07. The van der Waals surface area contributed by atoms with Crippen LogP contribution >= 0.6 is 11.3 Å². The summed E-state index contributed by atoms with van der Waals surface area (Å²) in [5.41, 5.74) is 9.63. The van der Waals surface area contributed by atoms with Crippen molar-refractivity contribution in [2.75, 3.05) is 0 Å². The molecule has 0 fully saturated rings. The van der Waals surface area contributed by atoms with Gasteiger partial charge in [0.05, 0.1) is 11.4 Å². The second-order valence-electron chi connectivity index (χ2n) is 10.6. The van der Waals surface area contributed by atoms with Crippen molar-refractivity contribution in [1.29, 1.82) is 0 Å². The highest BCUT2D eigenvalue weighted by Crippen LogP contribution is 2.41. The lowest BCUT2D eigenvalue weighted by Crippen LogP contribution is -1.97. The van der Waals surface area contributed by atoms with E-state index >= 15 is 0 Å². The molecule has 0 bridgehead atoms. The number of rotatable bonds is 5. The SMILES string of the molecule is c1ccc(-c2ccc(-c3cc(-c4ccccc4)nc(-c4ccccc4)n3)c(-c3ccc4sc5ccccc5c4c3)c2)cc1. The van der Waals surface area contributed by atoms with Crippen molar-refractivity contribution < 1.29 is 0 Å². The van der Waals surface area contributed by atoms with Crippen LogP contribution in [0.15, 0.2) is 158 Å². The fraction of sp³-hybridized carbons (Fsp3) is 0. The Hall–Kier alpha value is -5.38. The van der Waals surface area contributed by atoms with Crippen LogP contribution in [-0.2, 0) is 0 Å². The van der Waals surface area contributed by atoms with Gasteiger partial charge in [-0.25, -0.2) is 9.97 Å². The number of hydrogen-bond donors (Lipinski definition) is 0. The van der Waals surface area contributed by atoms with Gasteiger partial charge >= 0.3 is 0 Å². The molecular weight excluding hydrogens is 541 g/mol. The Balaban J connectivity index is 1.38. The van der Waals surface area contributed by atoms with E-state index in [1.165, 1.54) is 36.9 Å². The number of aromatic nitrogens is 2. The molecule has 0 unspecified atom stereocenters. The average molecular weight is 567 g/mol. The number of nitrogens with zero attached hydrogens (tertiary/aromatic N) is 2. The Morgan fingerprint density at radius 1 is 0.349 bits per heavy atom. The van der Waals surface area contributed by atoms with Crippen LogP contribution < -0.4 is 0 Å². The van der Waals surface area contributed by atoms with Gasteiger partial charge in [-0.05, 0) is 52.6 Å². The highest BCUT2D eigenvalue weighted by atomic mass is 32.1. The maximum atomic E-state index is 5.18. The first-order valence-electron chi connectivity index (χ1n) is 14.4. The monoisotopic (exact) mass is 566 g/mol. The molecule has 3 heteroatoms. The molecule has 0 amide bonds. The second-order valence-corrected chi connectivity index (χ2v) is 11.7. The summed E-state index contributed by atoms with van der Waals surface area (Å²) in [4.78, 5) is 10.2. The van der Waals surface area contributed by atoms with Crippen LogP contribution in [0, 0.1) is 0 Å². The van der Waals surface area contributed by atoms with E-state index in [1.807, 2.05) is 35.6 Å². The van der Waals surface area contributed by atoms with E-state index in [9.17, 15) is 0 Å². The Morgan fingerprint density at radius 2 is 0.953 bits per heavy atom. The maximum Gasteiger partial charge on any atom is 0.160 e. The van der Waals surface area contributed by atoms with Crippen LogP contribution in [0.2, 0.25) is 0 Å². The highest BCUT2D eigenvalue weighted by Gasteiger charge is 2.16. The minimum atomic E-state index is 0.717. The largest absolute Gasteiger partial charge is 0.228 e. The van der Waals surface area contributed by atoms with Crippen LogP contribution in [0.1, 0.15) is 0 Å². The normalized spacial score (nSPS) is 11.3. The van der Waals surface area contributed by atoms with Crippen molar-refractivity contribution in [1.82, 2.24) is 9.97 Å². The van der Waals surface area contributed by atoms with Gasteiger partial charge in [0.2, 0.25) is 0 Å². The minimum Gasteiger partial charge on any atom is -0.228 e. The molecule has 2 nitrogen and oxygen atoms in total. The highest BCUT2D eigenvalue weighted by molar-refractivity contribution is 7.25. The molecule has 0 aliphatic heterocycles. The van der Waals surface area contributed by atoms with Gasteiger partial charge < -0.3 is 0 Å². The van der Waals surface area contributed by atoms with E-state index in [0.29, 0.717) is 5.82 Å². The zero-order valence-corrected chi connectivity index (χ0v) is 24.1. The predicted octanol–water partition coefficient (Wildman–Crippen LogP) is 11.2. The number of fused-ring (bicyclic) bond motifs is 3. The molecule has 6 aromatic carbocycles. The fourth-order valence-electron chi connectivity index (χ4n) is 5.77. The quantitative estimate of drug-likeness (QED) is 0.207. The first kappa shape index (κ1) is 25.3. The average Bonchev–Trinajstić information content (AvgIpc) is 3.47. The summed E-state index contributed by atoms with van der Waals surface area (Å²) >= 11 is 1.84. The summed E-state index contributed by atoms with van der Waals surface area (Å²) in [5, 5.41) is 2.58. The summed E-state index contributed by atoms with van der Waals surface area (Å²) in [6.45, 7) is 0. The topological polar surface area (TPSA) is 25.8 Å². The number of hydrogen-bond acceptors (Lipinski definition) is 3. The van der Waals surface area contributed by atoms with Gasteiger partial charge in [0.15, 0.2) is 5.82 Å². The van der Waals surface area contributed by atoms with E-state index in [0.717, 1.165) is 33.6 Å². The van der Waals surface area contributed by atoms with Crippen molar-refractivity contribution in [3.05, 3.63) is 158 Å². The van der Waals surface area contributed by atoms with Crippen molar-refractivity contribution >= 4 is 31.5 Å². The Labute approximate surface area is 254 Å². The predicted molar refractivity (Wildman–Crippen MR) is 182 cm³/mol. The molecule has 0 aliphatic rings. The molecule has 8 aromatic rings. The summed E-state index contributed by atoms with van der Waals surface area (Å²) in [6, 6.07) is 55.6. The molecule has 2 aromatic heterocycles. The first-order chi connectivity index (χ1) is 21.3. The zero-order chi connectivity index (χ0) is 28.6. The standard InChI is InChI=1S/C40H26N2S/c1-4-12-27(13-5-1)30-20-22-32(34(24-30)31-21-23-39-35(25-31)33-18-10-11-19-38(33)43-39)37-26-36(28-14-6-2-7-15-28)41-40(42-37)29-16-8-3-9-17-29/h1-26H. The van der Waals surface area contributed by atoms with Crippen molar-refractivity contribution in [2.45, 2.75) is 0 Å².